The molecule has 15 heavy (non-hydrogen) atoms. The monoisotopic (exact) mass is 204 g/mol. The minimum absolute atomic E-state index is 0.164. The average molecular weight is 204 g/mol. The standard InChI is InChI=1S/C11H12N2O2/c12-6-2-1-3-8-4-5-9(11(14)15)7-10(8)13/h4-5,7H,2,6,12-13H2,(H,14,15). The number of nitrogen functional groups attached to an aromatic ring is 1. The van der Waals surface area contributed by atoms with Crippen LogP contribution in [0.2, 0.25) is 0 Å². The third-order valence-corrected chi connectivity index (χ3v) is 1.79. The van der Waals surface area contributed by atoms with Crippen LogP contribution < -0.4 is 11.5 Å². The minimum Gasteiger partial charge on any atom is -0.478 e. The van der Waals surface area contributed by atoms with Gasteiger partial charge in [-0.25, -0.2) is 4.79 Å². The van der Waals surface area contributed by atoms with Gasteiger partial charge in [-0.1, -0.05) is 11.8 Å². The van der Waals surface area contributed by atoms with Gasteiger partial charge >= 0.3 is 5.97 Å². The fourth-order valence-electron chi connectivity index (χ4n) is 1.04. The number of aromatic carboxylic acids is 1. The number of carboxylic acid groups (broad SMARTS) is 1. The number of carboxylic acids is 1. The van der Waals surface area contributed by atoms with Crippen LogP contribution in [0.1, 0.15) is 22.3 Å². The molecule has 0 spiro atoms. The van der Waals surface area contributed by atoms with Crippen LogP contribution in [0.5, 0.6) is 0 Å². The van der Waals surface area contributed by atoms with Gasteiger partial charge in [-0.2, -0.15) is 0 Å². The van der Waals surface area contributed by atoms with Crippen molar-refractivity contribution in [3.8, 4) is 11.8 Å². The lowest BCUT2D eigenvalue weighted by Crippen LogP contribution is -1.99. The Labute approximate surface area is 87.9 Å². The highest BCUT2D eigenvalue weighted by molar-refractivity contribution is 5.89. The van der Waals surface area contributed by atoms with Gasteiger partial charge < -0.3 is 16.6 Å². The molecule has 0 radical (unpaired) electrons. The number of carbonyl (C=O) groups is 1. The number of hydrogen-bond donors (Lipinski definition) is 3. The van der Waals surface area contributed by atoms with Crippen LogP contribution >= 0.6 is 0 Å². The largest absolute Gasteiger partial charge is 0.478 e. The zero-order chi connectivity index (χ0) is 11.3. The van der Waals surface area contributed by atoms with Gasteiger partial charge in [0.1, 0.15) is 0 Å². The van der Waals surface area contributed by atoms with Gasteiger partial charge in [-0.05, 0) is 18.2 Å². The van der Waals surface area contributed by atoms with Crippen LogP contribution in [0.4, 0.5) is 5.69 Å². The van der Waals surface area contributed by atoms with E-state index in [1.165, 1.54) is 12.1 Å². The van der Waals surface area contributed by atoms with Crippen LogP contribution in [0.25, 0.3) is 0 Å². The Morgan fingerprint density at radius 3 is 2.73 bits per heavy atom. The summed E-state index contributed by atoms with van der Waals surface area (Å²) in [5.74, 6) is 4.67. The van der Waals surface area contributed by atoms with Gasteiger partial charge in [-0.15, -0.1) is 0 Å². The molecule has 0 heterocycles. The van der Waals surface area contributed by atoms with E-state index in [2.05, 4.69) is 11.8 Å². The lowest BCUT2D eigenvalue weighted by Gasteiger charge is -1.99. The lowest BCUT2D eigenvalue weighted by molar-refractivity contribution is 0.0697. The summed E-state index contributed by atoms with van der Waals surface area (Å²) in [6, 6.07) is 4.47. The highest BCUT2D eigenvalue weighted by Gasteiger charge is 2.04. The predicted molar refractivity (Wildman–Crippen MR) is 58.4 cm³/mol. The normalized spacial score (nSPS) is 9.13. The van der Waals surface area contributed by atoms with Gasteiger partial charge in [0.15, 0.2) is 0 Å². The topological polar surface area (TPSA) is 89.3 Å². The van der Waals surface area contributed by atoms with Crippen LogP contribution in [-0.2, 0) is 0 Å². The van der Waals surface area contributed by atoms with Crippen LogP contribution in [0.15, 0.2) is 18.2 Å². The molecule has 0 aromatic heterocycles. The molecule has 0 saturated carbocycles. The van der Waals surface area contributed by atoms with Crippen molar-refractivity contribution in [2.75, 3.05) is 12.3 Å². The summed E-state index contributed by atoms with van der Waals surface area (Å²) in [5, 5.41) is 8.71. The molecule has 1 rings (SSSR count). The molecule has 1 aromatic rings. The molecule has 0 amide bonds. The van der Waals surface area contributed by atoms with Crippen molar-refractivity contribution in [3.05, 3.63) is 29.3 Å². The zero-order valence-electron chi connectivity index (χ0n) is 8.16. The molecule has 0 unspecified atom stereocenters. The third-order valence-electron chi connectivity index (χ3n) is 1.79. The summed E-state index contributed by atoms with van der Waals surface area (Å²) in [6.07, 6.45) is 0.597. The highest BCUT2D eigenvalue weighted by atomic mass is 16.4. The molecule has 0 aliphatic carbocycles. The first-order valence-electron chi connectivity index (χ1n) is 4.47. The maximum Gasteiger partial charge on any atom is 0.335 e. The second-order valence-electron chi connectivity index (χ2n) is 2.95. The van der Waals surface area contributed by atoms with Crippen molar-refractivity contribution in [3.63, 3.8) is 0 Å². The van der Waals surface area contributed by atoms with Crippen molar-refractivity contribution in [2.24, 2.45) is 5.73 Å². The quantitative estimate of drug-likeness (QED) is 0.488. The van der Waals surface area contributed by atoms with Crippen LogP contribution in [0, 0.1) is 11.8 Å². The minimum atomic E-state index is -0.997. The molecule has 0 aliphatic heterocycles. The van der Waals surface area contributed by atoms with E-state index in [0.717, 1.165) is 0 Å². The second-order valence-corrected chi connectivity index (χ2v) is 2.95. The summed E-state index contributed by atoms with van der Waals surface area (Å²) >= 11 is 0. The Morgan fingerprint density at radius 1 is 1.47 bits per heavy atom. The van der Waals surface area contributed by atoms with Gasteiger partial charge in [0.05, 0.1) is 5.56 Å². The van der Waals surface area contributed by atoms with E-state index >= 15 is 0 Å². The van der Waals surface area contributed by atoms with Crippen LogP contribution in [0.3, 0.4) is 0 Å². The summed E-state index contributed by atoms with van der Waals surface area (Å²) in [6.45, 7) is 0.500. The summed E-state index contributed by atoms with van der Waals surface area (Å²) < 4.78 is 0. The van der Waals surface area contributed by atoms with E-state index in [-0.39, 0.29) is 5.56 Å². The SMILES string of the molecule is NCCC#Cc1ccc(C(=O)O)cc1N. The lowest BCUT2D eigenvalue weighted by atomic mass is 10.1. The predicted octanol–water partition coefficient (Wildman–Crippen LogP) is 0.667. The Morgan fingerprint density at radius 2 is 2.20 bits per heavy atom. The van der Waals surface area contributed by atoms with Gasteiger partial charge in [0.25, 0.3) is 0 Å². The first-order valence-corrected chi connectivity index (χ1v) is 4.47. The smallest absolute Gasteiger partial charge is 0.335 e. The molecule has 0 bridgehead atoms. The molecular formula is C11H12N2O2. The molecule has 5 N–H and O–H groups in total. The molecule has 0 saturated heterocycles. The van der Waals surface area contributed by atoms with Crippen LogP contribution in [-0.4, -0.2) is 17.6 Å². The Balaban J connectivity index is 2.95. The highest BCUT2D eigenvalue weighted by Crippen LogP contribution is 2.13. The first kappa shape index (κ1) is 11.1. The molecule has 4 heteroatoms. The van der Waals surface area contributed by atoms with E-state index in [1.807, 2.05) is 0 Å². The average Bonchev–Trinajstić information content (AvgIpc) is 2.20. The van der Waals surface area contributed by atoms with E-state index < -0.39 is 5.97 Å². The number of hydrogen-bond acceptors (Lipinski definition) is 3. The van der Waals surface area contributed by atoms with Crippen molar-refractivity contribution in [1.29, 1.82) is 0 Å². The fourth-order valence-corrected chi connectivity index (χ4v) is 1.04. The van der Waals surface area contributed by atoms with E-state index in [9.17, 15) is 4.79 Å². The molecular weight excluding hydrogens is 192 g/mol. The summed E-state index contributed by atoms with van der Waals surface area (Å²) in [7, 11) is 0. The molecule has 4 nitrogen and oxygen atoms in total. The van der Waals surface area contributed by atoms with Gasteiger partial charge in [0, 0.05) is 24.2 Å². The van der Waals surface area contributed by atoms with Crippen molar-refractivity contribution < 1.29 is 9.90 Å². The number of anilines is 1. The molecule has 0 aliphatic rings. The second kappa shape index (κ2) is 5.03. The third kappa shape index (κ3) is 3.01. The molecule has 0 atom stereocenters. The Bertz CT molecular complexity index is 430. The van der Waals surface area contributed by atoms with Crippen molar-refractivity contribution in [2.45, 2.75) is 6.42 Å². The van der Waals surface area contributed by atoms with E-state index in [4.69, 9.17) is 16.6 Å². The number of benzene rings is 1. The molecule has 0 fully saturated rings. The zero-order valence-corrected chi connectivity index (χ0v) is 8.16. The van der Waals surface area contributed by atoms with Gasteiger partial charge in [-0.3, -0.25) is 0 Å². The number of nitrogens with two attached hydrogens (primary N) is 2. The first-order chi connectivity index (χ1) is 7.15. The van der Waals surface area contributed by atoms with Crippen molar-refractivity contribution >= 4 is 11.7 Å². The Kier molecular flexibility index (Phi) is 3.72. The summed E-state index contributed by atoms with van der Waals surface area (Å²) in [4.78, 5) is 10.6. The maximum atomic E-state index is 10.6. The Hall–Kier alpha value is -1.99. The number of rotatable bonds is 2. The van der Waals surface area contributed by atoms with E-state index in [0.29, 0.717) is 24.2 Å². The molecule has 78 valence electrons. The fraction of sp³-hybridized carbons (Fsp3) is 0.182. The summed E-state index contributed by atoms with van der Waals surface area (Å²) in [5.41, 5.74) is 12.1. The van der Waals surface area contributed by atoms with E-state index in [1.54, 1.807) is 6.07 Å². The molecule has 1 aromatic carbocycles. The maximum absolute atomic E-state index is 10.6. The van der Waals surface area contributed by atoms with Gasteiger partial charge in [0.2, 0.25) is 0 Å². The van der Waals surface area contributed by atoms with Crippen molar-refractivity contribution in [1.82, 2.24) is 0 Å².